The number of halogens is 1. The smallest absolute Gasteiger partial charge is 0.196 e. The summed E-state index contributed by atoms with van der Waals surface area (Å²) in [5.41, 5.74) is 1.54. The Balaban J connectivity index is 2.15. The minimum absolute atomic E-state index is 0.216. The molecule has 0 saturated carbocycles. The van der Waals surface area contributed by atoms with Gasteiger partial charge in [-0.2, -0.15) is 0 Å². The average Bonchev–Trinajstić information content (AvgIpc) is 2.66. The number of hydrogen-bond donors (Lipinski definition) is 2. The van der Waals surface area contributed by atoms with Crippen LogP contribution in [0.4, 0.5) is 10.1 Å². The van der Waals surface area contributed by atoms with E-state index >= 15 is 0 Å². The molecule has 0 aliphatic heterocycles. The van der Waals surface area contributed by atoms with Gasteiger partial charge in [-0.05, 0) is 36.8 Å². The molecule has 2 aromatic carbocycles. The molecule has 0 saturated heterocycles. The predicted molar refractivity (Wildman–Crippen MR) is 101 cm³/mol. The van der Waals surface area contributed by atoms with E-state index in [0.29, 0.717) is 30.5 Å². The molecule has 0 aliphatic carbocycles. The van der Waals surface area contributed by atoms with E-state index in [9.17, 15) is 4.39 Å². The van der Waals surface area contributed by atoms with Crippen LogP contribution in [-0.2, 0) is 6.54 Å². The summed E-state index contributed by atoms with van der Waals surface area (Å²) >= 11 is 0. The summed E-state index contributed by atoms with van der Waals surface area (Å²) in [4.78, 5) is 4.49. The summed E-state index contributed by atoms with van der Waals surface area (Å²) < 4.78 is 29.3. The van der Waals surface area contributed by atoms with Crippen molar-refractivity contribution in [2.24, 2.45) is 4.99 Å². The zero-order chi connectivity index (χ0) is 18.9. The first-order chi connectivity index (χ1) is 12.6. The van der Waals surface area contributed by atoms with Crippen LogP contribution in [0, 0.1) is 5.82 Å². The van der Waals surface area contributed by atoms with Gasteiger partial charge in [-0.3, -0.25) is 0 Å². The summed E-state index contributed by atoms with van der Waals surface area (Å²) in [6.07, 6.45) is 0. The highest BCUT2D eigenvalue weighted by atomic mass is 19.1. The van der Waals surface area contributed by atoms with Crippen molar-refractivity contribution in [1.29, 1.82) is 0 Å². The fourth-order valence-corrected chi connectivity index (χ4v) is 2.34. The predicted octanol–water partition coefficient (Wildman–Crippen LogP) is 3.43. The number of guanidine groups is 1. The highest BCUT2D eigenvalue weighted by Crippen LogP contribution is 2.29. The van der Waals surface area contributed by atoms with Crippen molar-refractivity contribution in [1.82, 2.24) is 5.32 Å². The van der Waals surface area contributed by atoms with Crippen molar-refractivity contribution in [3.63, 3.8) is 0 Å². The van der Waals surface area contributed by atoms with E-state index in [0.717, 1.165) is 11.3 Å². The maximum Gasteiger partial charge on any atom is 0.196 e. The molecule has 0 radical (unpaired) electrons. The Hall–Kier alpha value is -2.96. The van der Waals surface area contributed by atoms with Gasteiger partial charge in [0.05, 0.1) is 27.9 Å². The number of hydrogen-bond acceptors (Lipinski definition) is 4. The molecular weight excluding hydrogens is 337 g/mol. The number of nitrogens with one attached hydrogen (secondary N) is 2. The summed E-state index contributed by atoms with van der Waals surface area (Å²) in [7, 11) is 4.61. The Morgan fingerprint density at radius 2 is 1.65 bits per heavy atom. The Labute approximate surface area is 153 Å². The molecule has 0 amide bonds. The van der Waals surface area contributed by atoms with Gasteiger partial charge in [0.25, 0.3) is 0 Å². The third-order valence-corrected chi connectivity index (χ3v) is 3.63. The molecule has 2 N–H and O–H groups in total. The van der Waals surface area contributed by atoms with Crippen LogP contribution in [-0.4, -0.2) is 33.8 Å². The van der Waals surface area contributed by atoms with Gasteiger partial charge in [0, 0.05) is 18.3 Å². The quantitative estimate of drug-likeness (QED) is 0.584. The van der Waals surface area contributed by atoms with Gasteiger partial charge in [0.1, 0.15) is 0 Å². The van der Waals surface area contributed by atoms with Crippen molar-refractivity contribution in [3.8, 4) is 17.2 Å². The monoisotopic (exact) mass is 361 g/mol. The molecule has 0 atom stereocenters. The van der Waals surface area contributed by atoms with Crippen LogP contribution < -0.4 is 24.8 Å². The lowest BCUT2D eigenvalue weighted by molar-refractivity contribution is 0.355. The van der Waals surface area contributed by atoms with Gasteiger partial charge in [-0.1, -0.05) is 6.07 Å². The molecule has 0 heterocycles. The van der Waals surface area contributed by atoms with Crippen LogP contribution in [0.15, 0.2) is 41.4 Å². The Bertz CT molecular complexity index is 766. The topological polar surface area (TPSA) is 64.1 Å². The average molecular weight is 361 g/mol. The van der Waals surface area contributed by atoms with Crippen LogP contribution >= 0.6 is 0 Å². The molecule has 0 aromatic heterocycles. The van der Waals surface area contributed by atoms with Gasteiger partial charge in [-0.25, -0.2) is 9.38 Å². The second-order valence-corrected chi connectivity index (χ2v) is 5.36. The minimum atomic E-state index is -0.405. The van der Waals surface area contributed by atoms with Crippen molar-refractivity contribution in [2.75, 3.05) is 33.2 Å². The maximum absolute atomic E-state index is 13.8. The van der Waals surface area contributed by atoms with E-state index < -0.39 is 5.82 Å². The van der Waals surface area contributed by atoms with Crippen molar-refractivity contribution < 1.29 is 18.6 Å². The number of nitrogens with zero attached hydrogens (tertiary/aromatic N) is 1. The second kappa shape index (κ2) is 9.50. The minimum Gasteiger partial charge on any atom is -0.494 e. The molecule has 0 unspecified atom stereocenters. The largest absolute Gasteiger partial charge is 0.494 e. The number of aliphatic imine (C=N–C) groups is 1. The van der Waals surface area contributed by atoms with Gasteiger partial charge in [-0.15, -0.1) is 0 Å². The lowest BCUT2D eigenvalue weighted by Gasteiger charge is -2.14. The first kappa shape index (κ1) is 19.4. The van der Waals surface area contributed by atoms with Crippen LogP contribution in [0.5, 0.6) is 17.2 Å². The molecule has 6 nitrogen and oxygen atoms in total. The number of ether oxygens (including phenoxy) is 3. The second-order valence-electron chi connectivity index (χ2n) is 5.36. The molecule has 26 heavy (non-hydrogen) atoms. The zero-order valence-electron chi connectivity index (χ0n) is 15.4. The van der Waals surface area contributed by atoms with E-state index in [2.05, 4.69) is 15.6 Å². The van der Waals surface area contributed by atoms with E-state index in [1.807, 2.05) is 25.1 Å². The number of methoxy groups -OCH3 is 3. The van der Waals surface area contributed by atoms with Gasteiger partial charge in [0.15, 0.2) is 29.0 Å². The van der Waals surface area contributed by atoms with Crippen LogP contribution in [0.1, 0.15) is 12.5 Å². The molecule has 2 aromatic rings. The van der Waals surface area contributed by atoms with Crippen molar-refractivity contribution >= 4 is 11.6 Å². The van der Waals surface area contributed by atoms with Gasteiger partial charge in [0.2, 0.25) is 0 Å². The molecule has 0 bridgehead atoms. The Morgan fingerprint density at radius 3 is 2.27 bits per heavy atom. The normalized spacial score (nSPS) is 11.0. The van der Waals surface area contributed by atoms with Crippen LogP contribution in [0.2, 0.25) is 0 Å². The molecule has 2 rings (SSSR count). The van der Waals surface area contributed by atoms with Crippen LogP contribution in [0.25, 0.3) is 0 Å². The van der Waals surface area contributed by atoms with E-state index in [1.165, 1.54) is 13.2 Å². The molecule has 0 aliphatic rings. The Kier molecular flexibility index (Phi) is 7.08. The highest BCUT2D eigenvalue weighted by molar-refractivity contribution is 5.93. The number of anilines is 1. The van der Waals surface area contributed by atoms with E-state index in [1.54, 1.807) is 26.4 Å². The SMILES string of the molecule is CCNC(=NCc1ccc(OC)c(F)c1)Nc1ccc(OC)c(OC)c1. The highest BCUT2D eigenvalue weighted by Gasteiger charge is 2.07. The maximum atomic E-state index is 13.8. The zero-order valence-corrected chi connectivity index (χ0v) is 15.4. The summed E-state index contributed by atoms with van der Waals surface area (Å²) in [5.74, 6) is 1.65. The number of rotatable bonds is 7. The van der Waals surface area contributed by atoms with Gasteiger partial charge < -0.3 is 24.8 Å². The van der Waals surface area contributed by atoms with E-state index in [-0.39, 0.29) is 5.75 Å². The standard InChI is InChI=1S/C19H24FN3O3/c1-5-21-19(22-12-13-6-8-16(24-2)15(20)10-13)23-14-7-9-17(25-3)18(11-14)26-4/h6-11H,5,12H2,1-4H3,(H2,21,22,23). The first-order valence-corrected chi connectivity index (χ1v) is 8.21. The summed E-state index contributed by atoms with van der Waals surface area (Å²) in [5, 5.41) is 6.35. The Morgan fingerprint density at radius 1 is 0.962 bits per heavy atom. The molecule has 0 spiro atoms. The van der Waals surface area contributed by atoms with Crippen molar-refractivity contribution in [3.05, 3.63) is 47.8 Å². The molecular formula is C19H24FN3O3. The van der Waals surface area contributed by atoms with Gasteiger partial charge >= 0.3 is 0 Å². The fraction of sp³-hybridized carbons (Fsp3) is 0.316. The lowest BCUT2D eigenvalue weighted by Crippen LogP contribution is -2.30. The lowest BCUT2D eigenvalue weighted by atomic mass is 10.2. The third kappa shape index (κ3) is 5.02. The molecule has 140 valence electrons. The summed E-state index contributed by atoms with van der Waals surface area (Å²) in [6, 6.07) is 10.3. The van der Waals surface area contributed by atoms with Crippen LogP contribution in [0.3, 0.4) is 0 Å². The molecule has 7 heteroatoms. The third-order valence-electron chi connectivity index (χ3n) is 3.63. The van der Waals surface area contributed by atoms with Crippen molar-refractivity contribution in [2.45, 2.75) is 13.5 Å². The fourth-order valence-electron chi connectivity index (χ4n) is 2.34. The summed E-state index contributed by atoms with van der Waals surface area (Å²) in [6.45, 7) is 2.98. The van der Waals surface area contributed by atoms with E-state index in [4.69, 9.17) is 14.2 Å². The first-order valence-electron chi connectivity index (χ1n) is 8.21. The molecule has 0 fully saturated rings. The number of benzene rings is 2.